The Balaban J connectivity index is 0.000000201. The van der Waals surface area contributed by atoms with Gasteiger partial charge >= 0.3 is 11.9 Å². The smallest absolute Gasteiger partial charge is 0.305 e. The third-order valence-corrected chi connectivity index (χ3v) is 12.5. The molecule has 8 rings (SSSR count). The normalized spacial score (nSPS) is 14.5. The minimum atomic E-state index is -0.957. The second-order valence-corrected chi connectivity index (χ2v) is 17.3. The molecule has 4 aromatic carbocycles. The Morgan fingerprint density at radius 1 is 0.485 bits per heavy atom. The Kier molecular flexibility index (Phi) is 17.0. The molecule has 0 aliphatic heterocycles. The van der Waals surface area contributed by atoms with Crippen molar-refractivity contribution in [3.05, 3.63) is 168 Å². The monoisotopic (exact) mass is 922 g/mol. The van der Waals surface area contributed by atoms with Crippen molar-refractivity contribution < 1.29 is 38.2 Å². The van der Waals surface area contributed by atoms with Crippen LogP contribution in [0.25, 0.3) is 22.3 Å². The summed E-state index contributed by atoms with van der Waals surface area (Å²) in [6.45, 7) is 0.150. The fraction of sp³-hybridized carbons (Fsp3) is 0.296. The van der Waals surface area contributed by atoms with Crippen molar-refractivity contribution >= 4 is 35.4 Å². The van der Waals surface area contributed by atoms with E-state index < -0.39 is 11.9 Å². The highest BCUT2D eigenvalue weighted by molar-refractivity contribution is 5.94. The molecule has 2 atom stereocenters. The van der Waals surface area contributed by atoms with Crippen molar-refractivity contribution in [2.75, 3.05) is 23.7 Å². The molecule has 68 heavy (non-hydrogen) atoms. The van der Waals surface area contributed by atoms with Gasteiger partial charge in [0.05, 0.1) is 36.1 Å². The van der Waals surface area contributed by atoms with E-state index in [0.29, 0.717) is 34.6 Å². The van der Waals surface area contributed by atoms with Gasteiger partial charge in [-0.25, -0.2) is 18.7 Å². The molecule has 352 valence electrons. The van der Waals surface area contributed by atoms with Crippen LogP contribution in [-0.4, -0.2) is 57.0 Å². The number of benzene rings is 4. The fourth-order valence-electron chi connectivity index (χ4n) is 8.89. The van der Waals surface area contributed by atoms with Gasteiger partial charge in [0.25, 0.3) is 11.8 Å². The summed E-state index contributed by atoms with van der Waals surface area (Å²) >= 11 is 0. The van der Waals surface area contributed by atoms with Crippen LogP contribution in [0, 0.1) is 23.5 Å². The number of halogens is 2. The number of carboxylic acids is 2. The first-order valence-corrected chi connectivity index (χ1v) is 23.2. The van der Waals surface area contributed by atoms with E-state index in [1.165, 1.54) is 62.3 Å². The van der Waals surface area contributed by atoms with Crippen LogP contribution in [0.1, 0.15) is 108 Å². The van der Waals surface area contributed by atoms with Crippen LogP contribution >= 0.6 is 0 Å². The number of anilines is 2. The quantitative estimate of drug-likeness (QED) is 0.0485. The second kappa shape index (κ2) is 23.8. The van der Waals surface area contributed by atoms with Crippen LogP contribution < -0.4 is 21.3 Å². The molecule has 0 spiro atoms. The molecule has 0 radical (unpaired) electrons. The molecule has 2 aliphatic carbocycles. The van der Waals surface area contributed by atoms with E-state index in [1.807, 2.05) is 0 Å². The van der Waals surface area contributed by atoms with Gasteiger partial charge in [-0.2, -0.15) is 0 Å². The molecule has 14 heteroatoms. The summed E-state index contributed by atoms with van der Waals surface area (Å²) in [4.78, 5) is 54.4. The summed E-state index contributed by atoms with van der Waals surface area (Å²) in [5.41, 5.74) is 7.10. The van der Waals surface area contributed by atoms with Crippen LogP contribution in [0.15, 0.2) is 134 Å². The first kappa shape index (κ1) is 48.5. The molecule has 2 heterocycles. The van der Waals surface area contributed by atoms with E-state index in [9.17, 15) is 28.0 Å². The first-order chi connectivity index (χ1) is 33.0. The molecule has 0 bridgehead atoms. The number of aliphatic carboxylic acids is 2. The number of hydrogen-bond donors (Lipinski definition) is 6. The Bertz CT molecular complexity index is 2400. The Hall–Kier alpha value is -7.48. The lowest BCUT2D eigenvalue weighted by atomic mass is 9.90. The number of aromatic nitrogens is 2. The molecule has 2 amide bonds. The summed E-state index contributed by atoms with van der Waals surface area (Å²) < 4.78 is 26.5. The van der Waals surface area contributed by atoms with E-state index in [-0.39, 0.29) is 61.5 Å². The fourth-order valence-corrected chi connectivity index (χ4v) is 8.89. The lowest BCUT2D eigenvalue weighted by Gasteiger charge is -2.26. The van der Waals surface area contributed by atoms with E-state index in [2.05, 4.69) is 79.8 Å². The van der Waals surface area contributed by atoms with Crippen molar-refractivity contribution in [3.8, 4) is 22.3 Å². The molecule has 6 N–H and O–H groups in total. The number of hydrogen-bond acceptors (Lipinski definition) is 8. The highest BCUT2D eigenvalue weighted by atomic mass is 19.1. The molecule has 0 unspecified atom stereocenters. The highest BCUT2D eigenvalue weighted by Gasteiger charge is 2.28. The minimum absolute atomic E-state index is 0.0752. The zero-order valence-electron chi connectivity index (χ0n) is 37.7. The number of nitrogens with one attached hydrogen (secondary N) is 4. The number of pyridine rings is 2. The van der Waals surface area contributed by atoms with Gasteiger partial charge in [-0.1, -0.05) is 98.5 Å². The predicted molar refractivity (Wildman–Crippen MR) is 258 cm³/mol. The first-order valence-electron chi connectivity index (χ1n) is 23.2. The lowest BCUT2D eigenvalue weighted by molar-refractivity contribution is -0.137. The Morgan fingerprint density at radius 3 is 1.10 bits per heavy atom. The zero-order valence-corrected chi connectivity index (χ0v) is 37.7. The predicted octanol–water partition coefficient (Wildman–Crippen LogP) is 10.9. The summed E-state index contributed by atoms with van der Waals surface area (Å²) in [6, 6.07) is 36.8. The van der Waals surface area contributed by atoms with Crippen molar-refractivity contribution in [1.29, 1.82) is 0 Å². The van der Waals surface area contributed by atoms with Crippen LogP contribution in [0.4, 0.5) is 20.4 Å². The summed E-state index contributed by atoms with van der Waals surface area (Å²) in [5, 5.41) is 29.7. The van der Waals surface area contributed by atoms with Crippen molar-refractivity contribution in [3.63, 3.8) is 0 Å². The number of carbonyl (C=O) groups excluding carboxylic acids is 2. The maximum absolute atomic E-state index is 13.2. The van der Waals surface area contributed by atoms with Gasteiger partial charge in [0.1, 0.15) is 23.3 Å². The van der Waals surface area contributed by atoms with Crippen molar-refractivity contribution in [1.82, 2.24) is 20.6 Å². The molecule has 6 aromatic rings. The topological polar surface area (TPSA) is 183 Å². The molecular formula is C54H56F2N6O6. The van der Waals surface area contributed by atoms with Gasteiger partial charge in [-0.3, -0.25) is 19.2 Å². The van der Waals surface area contributed by atoms with E-state index in [1.54, 1.807) is 48.5 Å². The largest absolute Gasteiger partial charge is 0.481 e. The van der Waals surface area contributed by atoms with Gasteiger partial charge in [0.15, 0.2) is 0 Å². The summed E-state index contributed by atoms with van der Waals surface area (Å²) in [6.07, 6.45) is 12.1. The third-order valence-electron chi connectivity index (χ3n) is 12.5. The van der Waals surface area contributed by atoms with Gasteiger partial charge < -0.3 is 31.5 Å². The zero-order chi connectivity index (χ0) is 47.8. The number of nitrogens with zero attached hydrogens (tertiary/aromatic N) is 2. The number of carboxylic acid groups (broad SMARTS) is 2. The Labute approximate surface area is 394 Å². The van der Waals surface area contributed by atoms with Gasteiger partial charge in [0, 0.05) is 25.5 Å². The molecule has 0 saturated heterocycles. The van der Waals surface area contributed by atoms with Crippen LogP contribution in [0.2, 0.25) is 0 Å². The van der Waals surface area contributed by atoms with Gasteiger partial charge in [-0.15, -0.1) is 0 Å². The second-order valence-electron chi connectivity index (χ2n) is 17.3. The molecule has 2 aromatic heterocycles. The maximum atomic E-state index is 13.2. The molecule has 2 aliphatic rings. The Morgan fingerprint density at radius 2 is 0.809 bits per heavy atom. The summed E-state index contributed by atoms with van der Waals surface area (Å²) in [5.74, 6) is -0.765. The standard InChI is InChI=1S/2C27H28FN3O3/c2*28-23-12-9-19(10-13-23)18-5-7-21(8-6-18)26(20-3-1-2-4-20)31-24-14-11-22(17-30-24)27(34)29-16-15-25(32)33/h2*5-14,17,20,26H,1-4,15-16H2,(H,29,34)(H,30,31)(H,32,33)/t2*26-/m10/s1. The van der Waals surface area contributed by atoms with Crippen LogP contribution in [-0.2, 0) is 9.59 Å². The minimum Gasteiger partial charge on any atom is -0.481 e. The average Bonchev–Trinajstić information content (AvgIpc) is 4.10. The molecular weight excluding hydrogens is 867 g/mol. The number of rotatable bonds is 18. The van der Waals surface area contributed by atoms with E-state index >= 15 is 0 Å². The van der Waals surface area contributed by atoms with Gasteiger partial charge in [-0.05, 0) is 119 Å². The van der Waals surface area contributed by atoms with E-state index in [4.69, 9.17) is 10.2 Å². The maximum Gasteiger partial charge on any atom is 0.305 e. The molecule has 2 fully saturated rings. The number of amides is 2. The van der Waals surface area contributed by atoms with Crippen molar-refractivity contribution in [2.24, 2.45) is 11.8 Å². The molecule has 12 nitrogen and oxygen atoms in total. The van der Waals surface area contributed by atoms with Gasteiger partial charge in [0.2, 0.25) is 0 Å². The average molecular weight is 923 g/mol. The van der Waals surface area contributed by atoms with Crippen molar-refractivity contribution in [2.45, 2.75) is 76.3 Å². The molecule has 2 saturated carbocycles. The SMILES string of the molecule is O=C(O)CCNC(=O)c1ccc(N[C@@H](c2ccc(-c3ccc(F)cc3)cc2)C2CCCC2)nc1.O=C(O)CCNC(=O)c1ccc(N[C@H](c2ccc(-c3ccc(F)cc3)cc2)C2CCCC2)nc1. The lowest BCUT2D eigenvalue weighted by Crippen LogP contribution is -2.26. The van der Waals surface area contributed by atoms with Crippen LogP contribution in [0.5, 0.6) is 0 Å². The third kappa shape index (κ3) is 13.8. The van der Waals surface area contributed by atoms with E-state index in [0.717, 1.165) is 59.1 Å². The highest BCUT2D eigenvalue weighted by Crippen LogP contribution is 2.40. The number of carbonyl (C=O) groups is 4. The summed E-state index contributed by atoms with van der Waals surface area (Å²) in [7, 11) is 0. The van der Waals surface area contributed by atoms with Crippen LogP contribution in [0.3, 0.4) is 0 Å².